The second-order valence-corrected chi connectivity index (χ2v) is 6.30. The average Bonchev–Trinajstić information content (AvgIpc) is 2.63. The van der Waals surface area contributed by atoms with Crippen molar-refractivity contribution in [3.63, 3.8) is 0 Å². The summed E-state index contributed by atoms with van der Waals surface area (Å²) in [5, 5.41) is 7.18. The summed E-state index contributed by atoms with van der Waals surface area (Å²) in [5.41, 5.74) is 1.20. The van der Waals surface area contributed by atoms with E-state index in [1.54, 1.807) is 14.0 Å². The molecule has 0 bridgehead atoms. The Balaban J connectivity index is 2.22. The number of aryl methyl sites for hydroxylation is 2. The maximum Gasteiger partial charge on any atom is 0.404 e. The molecule has 0 radical (unpaired) electrons. The molecule has 1 aliphatic rings. The maximum absolute atomic E-state index is 13.3. The molecule has 2 heterocycles. The topological polar surface area (TPSA) is 50.2 Å². The molecule has 1 aliphatic heterocycles. The quantitative estimate of drug-likeness (QED) is 0.909. The molecule has 130 valence electrons. The Morgan fingerprint density at radius 2 is 2.09 bits per heavy atom. The third-order valence-electron chi connectivity index (χ3n) is 4.10. The van der Waals surface area contributed by atoms with E-state index in [1.165, 1.54) is 16.5 Å². The molecule has 1 aromatic heterocycles. The summed E-state index contributed by atoms with van der Waals surface area (Å²) in [6, 6.07) is -1.83. The van der Waals surface area contributed by atoms with Gasteiger partial charge in [0, 0.05) is 38.7 Å². The number of nitrogens with one attached hydrogen (secondary N) is 1. The third kappa shape index (κ3) is 4.17. The number of rotatable bonds is 3. The van der Waals surface area contributed by atoms with Crippen molar-refractivity contribution in [2.24, 2.45) is 7.05 Å². The normalized spacial score (nSPS) is 23.1. The molecule has 1 aromatic rings. The predicted octanol–water partition coefficient (Wildman–Crippen LogP) is 2.41. The standard InChI is InChI=1S/C14H20ClF3N4O/c1-8-11(13(15)21(3)20-8)7-22-6-10(19-9(2)23)4-5-12(22)14(16,17)18/h10,12H,4-7H2,1-3H3,(H,19,23)/t10-,12-/m1/s1. The van der Waals surface area contributed by atoms with Crippen LogP contribution in [-0.4, -0.2) is 45.4 Å². The van der Waals surface area contributed by atoms with Gasteiger partial charge in [0.2, 0.25) is 5.91 Å². The molecule has 0 aromatic carbocycles. The fourth-order valence-corrected chi connectivity index (χ4v) is 3.28. The van der Waals surface area contributed by atoms with Crippen molar-refractivity contribution < 1.29 is 18.0 Å². The van der Waals surface area contributed by atoms with E-state index in [4.69, 9.17) is 11.6 Å². The van der Waals surface area contributed by atoms with Crippen molar-refractivity contribution in [3.8, 4) is 0 Å². The zero-order valence-corrected chi connectivity index (χ0v) is 14.0. The number of carbonyl (C=O) groups excluding carboxylic acids is 1. The highest BCUT2D eigenvalue weighted by atomic mass is 35.5. The van der Waals surface area contributed by atoms with E-state index in [-0.39, 0.29) is 31.5 Å². The van der Waals surface area contributed by atoms with Gasteiger partial charge in [0.25, 0.3) is 0 Å². The van der Waals surface area contributed by atoms with Crippen LogP contribution in [0, 0.1) is 6.92 Å². The molecule has 0 aliphatic carbocycles. The average molecular weight is 353 g/mol. The molecule has 5 nitrogen and oxygen atoms in total. The first-order valence-electron chi connectivity index (χ1n) is 7.35. The van der Waals surface area contributed by atoms with Crippen molar-refractivity contribution in [2.75, 3.05) is 6.54 Å². The lowest BCUT2D eigenvalue weighted by Gasteiger charge is -2.40. The van der Waals surface area contributed by atoms with Gasteiger partial charge < -0.3 is 5.32 Å². The van der Waals surface area contributed by atoms with Gasteiger partial charge in [-0.2, -0.15) is 18.3 Å². The van der Waals surface area contributed by atoms with Crippen LogP contribution >= 0.6 is 11.6 Å². The zero-order chi connectivity index (χ0) is 17.4. The number of alkyl halides is 3. The molecule has 23 heavy (non-hydrogen) atoms. The fourth-order valence-electron chi connectivity index (χ4n) is 3.05. The van der Waals surface area contributed by atoms with Gasteiger partial charge in [-0.3, -0.25) is 14.4 Å². The molecule has 1 N–H and O–H groups in total. The predicted molar refractivity (Wildman–Crippen MR) is 80.0 cm³/mol. The number of piperidine rings is 1. The summed E-state index contributed by atoms with van der Waals surface area (Å²) >= 11 is 6.14. The molecular formula is C14H20ClF3N4O. The first kappa shape index (κ1) is 18.1. The van der Waals surface area contributed by atoms with Gasteiger partial charge in [-0.15, -0.1) is 0 Å². The fraction of sp³-hybridized carbons (Fsp3) is 0.714. The number of hydrogen-bond acceptors (Lipinski definition) is 3. The Morgan fingerprint density at radius 3 is 2.57 bits per heavy atom. The number of halogens is 4. The minimum absolute atomic E-state index is 0.0502. The maximum atomic E-state index is 13.3. The Labute approximate surface area is 137 Å². The van der Waals surface area contributed by atoms with E-state index < -0.39 is 12.2 Å². The van der Waals surface area contributed by atoms with Crippen LogP contribution in [0.15, 0.2) is 0 Å². The van der Waals surface area contributed by atoms with Gasteiger partial charge in [-0.1, -0.05) is 11.6 Å². The van der Waals surface area contributed by atoms with Crippen LogP contribution in [0.25, 0.3) is 0 Å². The van der Waals surface area contributed by atoms with Gasteiger partial charge in [-0.25, -0.2) is 0 Å². The molecule has 0 saturated carbocycles. The van der Waals surface area contributed by atoms with Crippen LogP contribution in [0.5, 0.6) is 0 Å². The second-order valence-electron chi connectivity index (χ2n) is 5.94. The van der Waals surface area contributed by atoms with E-state index in [1.807, 2.05) is 0 Å². The smallest absolute Gasteiger partial charge is 0.352 e. The number of hydrogen-bond donors (Lipinski definition) is 1. The third-order valence-corrected chi connectivity index (χ3v) is 4.57. The van der Waals surface area contributed by atoms with Crippen molar-refractivity contribution in [3.05, 3.63) is 16.4 Å². The molecule has 0 spiro atoms. The van der Waals surface area contributed by atoms with Crippen LogP contribution in [0.3, 0.4) is 0 Å². The van der Waals surface area contributed by atoms with Crippen molar-refractivity contribution in [2.45, 2.75) is 51.5 Å². The Hall–Kier alpha value is -1.28. The lowest BCUT2D eigenvalue weighted by molar-refractivity contribution is -0.194. The second kappa shape index (κ2) is 6.68. The Bertz CT molecular complexity index is 587. The van der Waals surface area contributed by atoms with Gasteiger partial charge >= 0.3 is 6.18 Å². The van der Waals surface area contributed by atoms with E-state index in [0.717, 1.165) is 0 Å². The molecule has 1 amide bonds. The summed E-state index contributed by atoms with van der Waals surface area (Å²) in [5.74, 6) is -0.240. The summed E-state index contributed by atoms with van der Waals surface area (Å²) in [4.78, 5) is 12.5. The Morgan fingerprint density at radius 1 is 1.43 bits per heavy atom. The first-order valence-corrected chi connectivity index (χ1v) is 7.73. The SMILES string of the molecule is CC(=O)N[C@@H]1CC[C@H](C(F)(F)F)N(Cc2c(C)nn(C)c2Cl)C1. The Kier molecular flexibility index (Phi) is 5.25. The van der Waals surface area contributed by atoms with Crippen molar-refractivity contribution in [1.82, 2.24) is 20.0 Å². The van der Waals surface area contributed by atoms with Crippen LogP contribution in [-0.2, 0) is 18.4 Å². The summed E-state index contributed by atoms with van der Waals surface area (Å²) in [6.07, 6.45) is -4.06. The minimum Gasteiger partial charge on any atom is -0.352 e. The van der Waals surface area contributed by atoms with Crippen molar-refractivity contribution >= 4 is 17.5 Å². The highest BCUT2D eigenvalue weighted by Gasteiger charge is 2.46. The van der Waals surface area contributed by atoms with Crippen LogP contribution in [0.4, 0.5) is 13.2 Å². The molecule has 0 unspecified atom stereocenters. The monoisotopic (exact) mass is 352 g/mol. The van der Waals surface area contributed by atoms with Crippen LogP contribution in [0.1, 0.15) is 31.0 Å². The molecule has 2 rings (SSSR count). The van der Waals surface area contributed by atoms with Gasteiger partial charge in [0.15, 0.2) is 0 Å². The lowest BCUT2D eigenvalue weighted by Crippen LogP contribution is -2.55. The van der Waals surface area contributed by atoms with Crippen LogP contribution in [0.2, 0.25) is 5.15 Å². The van der Waals surface area contributed by atoms with Crippen molar-refractivity contribution in [1.29, 1.82) is 0 Å². The van der Waals surface area contributed by atoms with E-state index >= 15 is 0 Å². The number of carbonyl (C=O) groups is 1. The molecule has 9 heteroatoms. The summed E-state index contributed by atoms with van der Waals surface area (Å²) in [6.45, 7) is 3.27. The summed E-state index contributed by atoms with van der Waals surface area (Å²) < 4.78 is 41.4. The molecule has 1 fully saturated rings. The highest BCUT2D eigenvalue weighted by molar-refractivity contribution is 6.30. The number of likely N-dealkylation sites (tertiary alicyclic amines) is 1. The molecule has 1 saturated heterocycles. The molecular weight excluding hydrogens is 333 g/mol. The highest BCUT2D eigenvalue weighted by Crippen LogP contribution is 2.34. The van der Waals surface area contributed by atoms with Gasteiger partial charge in [-0.05, 0) is 19.8 Å². The first-order chi connectivity index (χ1) is 10.6. The number of amides is 1. The van der Waals surface area contributed by atoms with E-state index in [9.17, 15) is 18.0 Å². The zero-order valence-electron chi connectivity index (χ0n) is 13.2. The largest absolute Gasteiger partial charge is 0.404 e. The minimum atomic E-state index is -4.32. The van der Waals surface area contributed by atoms with Crippen LogP contribution < -0.4 is 5.32 Å². The molecule has 2 atom stereocenters. The summed E-state index contributed by atoms with van der Waals surface area (Å²) in [7, 11) is 1.65. The van der Waals surface area contributed by atoms with Gasteiger partial charge in [0.1, 0.15) is 11.2 Å². The van der Waals surface area contributed by atoms with E-state index in [2.05, 4.69) is 10.4 Å². The van der Waals surface area contributed by atoms with E-state index in [0.29, 0.717) is 22.8 Å². The van der Waals surface area contributed by atoms with Gasteiger partial charge in [0.05, 0.1) is 5.69 Å². The number of nitrogens with zero attached hydrogens (tertiary/aromatic N) is 3. The number of aromatic nitrogens is 2. The lowest BCUT2D eigenvalue weighted by atomic mass is 9.97.